The van der Waals surface area contributed by atoms with Crippen molar-refractivity contribution in [2.75, 3.05) is 19.6 Å². The molecule has 16 heavy (non-hydrogen) atoms. The Morgan fingerprint density at radius 1 is 1.62 bits per heavy atom. The lowest BCUT2D eigenvalue weighted by Crippen LogP contribution is -2.30. The lowest BCUT2D eigenvalue weighted by molar-refractivity contribution is 0.146. The molecule has 4 nitrogen and oxygen atoms in total. The van der Waals surface area contributed by atoms with Gasteiger partial charge in [0.15, 0.2) is 0 Å². The van der Waals surface area contributed by atoms with E-state index >= 15 is 0 Å². The molecule has 1 saturated heterocycles. The third-order valence-electron chi connectivity index (χ3n) is 2.51. The molecule has 0 bridgehead atoms. The summed E-state index contributed by atoms with van der Waals surface area (Å²) in [7, 11) is 0. The van der Waals surface area contributed by atoms with Gasteiger partial charge < -0.3 is 15.7 Å². The first-order valence-electron chi connectivity index (χ1n) is 4.95. The highest BCUT2D eigenvalue weighted by Gasteiger charge is 2.24. The van der Waals surface area contributed by atoms with Crippen molar-refractivity contribution in [2.45, 2.75) is 12.6 Å². The minimum Gasteiger partial charge on any atom is -0.391 e. The average molecular weight is 329 g/mol. The fourth-order valence-electron chi connectivity index (χ4n) is 1.66. The summed E-state index contributed by atoms with van der Waals surface area (Å²) >= 11 is 5.01. The zero-order valence-electron chi connectivity index (χ0n) is 8.65. The van der Waals surface area contributed by atoms with Crippen molar-refractivity contribution in [1.82, 2.24) is 15.6 Å². The second-order valence-corrected chi connectivity index (χ2v) is 6.17. The minimum absolute atomic E-state index is 0. The number of β-amino-alcohol motifs (C(OH)–C–C–N with tert-alkyl or cyclic N) is 1. The predicted octanol–water partition coefficient (Wildman–Crippen LogP) is 0.997. The summed E-state index contributed by atoms with van der Waals surface area (Å²) in [5.41, 5.74) is 0. The summed E-state index contributed by atoms with van der Waals surface area (Å²) in [6.07, 6.45) is 1.61. The van der Waals surface area contributed by atoms with Crippen molar-refractivity contribution in [3.63, 3.8) is 0 Å². The fraction of sp³-hybridized carbons (Fsp3) is 0.667. The minimum atomic E-state index is -0.208. The molecule has 2 rings (SSSR count). The Bertz CT molecular complexity index is 325. The third-order valence-corrected chi connectivity index (χ3v) is 3.99. The van der Waals surface area contributed by atoms with Crippen molar-refractivity contribution < 1.29 is 5.11 Å². The van der Waals surface area contributed by atoms with Gasteiger partial charge >= 0.3 is 0 Å². The standard InChI is InChI=1S/C9H14BrN3OS.ClH/c10-8-4-13-9(15-8)5-12-2-6-1-11-3-7(6)14;/h4,6-7,11-12,14H,1-3,5H2;1H. The average Bonchev–Trinajstić information content (AvgIpc) is 2.77. The first-order valence-corrected chi connectivity index (χ1v) is 6.56. The fourth-order valence-corrected chi connectivity index (χ4v) is 2.93. The molecule has 2 unspecified atom stereocenters. The van der Waals surface area contributed by atoms with Crippen LogP contribution in [0.25, 0.3) is 0 Å². The van der Waals surface area contributed by atoms with Crippen LogP contribution in [-0.4, -0.2) is 35.8 Å². The second-order valence-electron chi connectivity index (χ2n) is 3.67. The Kier molecular flexibility index (Phi) is 6.17. The van der Waals surface area contributed by atoms with E-state index in [0.717, 1.165) is 35.0 Å². The molecule has 0 amide bonds. The summed E-state index contributed by atoms with van der Waals surface area (Å²) in [4.78, 5) is 4.23. The molecule has 1 aromatic rings. The van der Waals surface area contributed by atoms with Crippen LogP contribution in [-0.2, 0) is 6.54 Å². The van der Waals surface area contributed by atoms with E-state index in [1.54, 1.807) is 11.3 Å². The van der Waals surface area contributed by atoms with Crippen LogP contribution in [0.5, 0.6) is 0 Å². The van der Waals surface area contributed by atoms with Crippen LogP contribution in [0, 0.1) is 5.92 Å². The van der Waals surface area contributed by atoms with Crippen molar-refractivity contribution in [2.24, 2.45) is 5.92 Å². The Hall–Kier alpha value is 0.280. The van der Waals surface area contributed by atoms with Gasteiger partial charge in [-0.25, -0.2) is 4.98 Å². The Morgan fingerprint density at radius 3 is 3.00 bits per heavy atom. The molecule has 0 aliphatic carbocycles. The van der Waals surface area contributed by atoms with Gasteiger partial charge in [0.2, 0.25) is 0 Å². The number of aliphatic hydroxyl groups is 1. The van der Waals surface area contributed by atoms with E-state index in [4.69, 9.17) is 0 Å². The maximum atomic E-state index is 9.57. The zero-order chi connectivity index (χ0) is 10.7. The predicted molar refractivity (Wildman–Crippen MR) is 71.1 cm³/mol. The number of hydrogen-bond donors (Lipinski definition) is 3. The van der Waals surface area contributed by atoms with E-state index in [1.165, 1.54) is 0 Å². The molecule has 0 aromatic carbocycles. The number of aliphatic hydroxyl groups excluding tert-OH is 1. The van der Waals surface area contributed by atoms with E-state index < -0.39 is 0 Å². The van der Waals surface area contributed by atoms with Crippen molar-refractivity contribution in [3.05, 3.63) is 15.0 Å². The number of nitrogens with one attached hydrogen (secondary N) is 2. The molecule has 1 aromatic heterocycles. The van der Waals surface area contributed by atoms with Crippen LogP contribution in [0.1, 0.15) is 5.01 Å². The summed E-state index contributed by atoms with van der Waals surface area (Å²) < 4.78 is 1.06. The Balaban J connectivity index is 0.00000128. The van der Waals surface area contributed by atoms with Crippen LogP contribution in [0.4, 0.5) is 0 Å². The second kappa shape index (κ2) is 6.88. The third kappa shape index (κ3) is 3.94. The zero-order valence-corrected chi connectivity index (χ0v) is 11.9. The van der Waals surface area contributed by atoms with E-state index in [9.17, 15) is 5.11 Å². The summed E-state index contributed by atoms with van der Waals surface area (Å²) in [6.45, 7) is 3.23. The first kappa shape index (κ1) is 14.3. The van der Waals surface area contributed by atoms with Crippen LogP contribution in [0.2, 0.25) is 0 Å². The molecular formula is C9H15BrClN3OS. The van der Waals surface area contributed by atoms with Crippen molar-refractivity contribution in [1.29, 1.82) is 0 Å². The Labute approximate surface area is 113 Å². The molecule has 0 radical (unpaired) electrons. The number of halogens is 2. The quantitative estimate of drug-likeness (QED) is 0.772. The monoisotopic (exact) mass is 327 g/mol. The highest BCUT2D eigenvalue weighted by atomic mass is 79.9. The van der Waals surface area contributed by atoms with Gasteiger partial charge in [-0.1, -0.05) is 0 Å². The van der Waals surface area contributed by atoms with Crippen molar-refractivity contribution in [3.8, 4) is 0 Å². The van der Waals surface area contributed by atoms with Gasteiger partial charge in [0, 0.05) is 32.1 Å². The number of thiazole rings is 1. The summed E-state index contributed by atoms with van der Waals surface area (Å²) in [5.74, 6) is 0.327. The SMILES string of the molecule is Cl.OC1CNCC1CNCc1ncc(Br)s1. The molecule has 1 aliphatic heterocycles. The van der Waals surface area contributed by atoms with Gasteiger partial charge in [-0.15, -0.1) is 23.7 Å². The molecule has 2 atom stereocenters. The molecule has 2 heterocycles. The van der Waals surface area contributed by atoms with Crippen LogP contribution >= 0.6 is 39.7 Å². The highest BCUT2D eigenvalue weighted by Crippen LogP contribution is 2.18. The van der Waals surface area contributed by atoms with Gasteiger partial charge in [-0.05, 0) is 15.9 Å². The largest absolute Gasteiger partial charge is 0.391 e. The topological polar surface area (TPSA) is 57.2 Å². The normalized spacial score (nSPS) is 24.4. The molecule has 7 heteroatoms. The van der Waals surface area contributed by atoms with Crippen LogP contribution in [0.3, 0.4) is 0 Å². The highest BCUT2D eigenvalue weighted by molar-refractivity contribution is 9.11. The molecule has 3 N–H and O–H groups in total. The lowest BCUT2D eigenvalue weighted by Gasteiger charge is -2.13. The maximum Gasteiger partial charge on any atom is 0.107 e. The molecule has 1 fully saturated rings. The Morgan fingerprint density at radius 2 is 2.44 bits per heavy atom. The van der Waals surface area contributed by atoms with Crippen LogP contribution in [0.15, 0.2) is 9.98 Å². The van der Waals surface area contributed by atoms with Crippen molar-refractivity contribution >= 4 is 39.7 Å². The van der Waals surface area contributed by atoms with E-state index in [1.807, 2.05) is 6.20 Å². The van der Waals surface area contributed by atoms with Gasteiger partial charge in [0.25, 0.3) is 0 Å². The molecular weight excluding hydrogens is 314 g/mol. The lowest BCUT2D eigenvalue weighted by atomic mass is 10.1. The number of rotatable bonds is 4. The van der Waals surface area contributed by atoms with E-state index in [0.29, 0.717) is 5.92 Å². The maximum absolute atomic E-state index is 9.57. The summed E-state index contributed by atoms with van der Waals surface area (Å²) in [5, 5.41) is 17.1. The van der Waals surface area contributed by atoms with Gasteiger partial charge in [0.05, 0.1) is 16.1 Å². The summed E-state index contributed by atoms with van der Waals surface area (Å²) in [6, 6.07) is 0. The molecule has 0 saturated carbocycles. The number of aromatic nitrogens is 1. The smallest absolute Gasteiger partial charge is 0.107 e. The van der Waals surface area contributed by atoms with Crippen LogP contribution < -0.4 is 10.6 Å². The van der Waals surface area contributed by atoms with Gasteiger partial charge in [0.1, 0.15) is 5.01 Å². The first-order chi connectivity index (χ1) is 7.25. The van der Waals surface area contributed by atoms with Gasteiger partial charge in [-0.2, -0.15) is 0 Å². The molecule has 1 aliphatic rings. The molecule has 92 valence electrons. The van der Waals surface area contributed by atoms with E-state index in [-0.39, 0.29) is 18.5 Å². The van der Waals surface area contributed by atoms with E-state index in [2.05, 4.69) is 31.5 Å². The number of nitrogens with zero attached hydrogens (tertiary/aromatic N) is 1. The number of hydrogen-bond acceptors (Lipinski definition) is 5. The van der Waals surface area contributed by atoms with Gasteiger partial charge in [-0.3, -0.25) is 0 Å². The molecule has 0 spiro atoms.